The summed E-state index contributed by atoms with van der Waals surface area (Å²) in [6.45, 7) is 2.70. The van der Waals surface area contributed by atoms with E-state index in [1.807, 2.05) is 6.92 Å². The van der Waals surface area contributed by atoms with Gasteiger partial charge in [-0.05, 0) is 70.4 Å². The van der Waals surface area contributed by atoms with E-state index in [-0.39, 0.29) is 17.7 Å². The van der Waals surface area contributed by atoms with Crippen molar-refractivity contribution in [2.75, 3.05) is 6.54 Å². The van der Waals surface area contributed by atoms with Gasteiger partial charge in [0.2, 0.25) is 0 Å². The third-order valence-corrected chi connectivity index (χ3v) is 4.07. The minimum absolute atomic E-state index is 0.111. The van der Waals surface area contributed by atoms with Crippen molar-refractivity contribution in [3.8, 4) is 0 Å². The fourth-order valence-electron chi connectivity index (χ4n) is 2.20. The minimum Gasteiger partial charge on any atom is -0.310 e. The molecule has 0 saturated heterocycles. The molecule has 112 valence electrons. The van der Waals surface area contributed by atoms with Gasteiger partial charge in [0.25, 0.3) is 0 Å². The Bertz CT molecular complexity index is 634. The highest BCUT2D eigenvalue weighted by atomic mass is 79.9. The molecule has 1 N–H and O–H groups in total. The highest BCUT2D eigenvalue weighted by Gasteiger charge is 2.15. The number of nitrogens with one attached hydrogen (secondary N) is 1. The number of likely N-dealkylation sites (N-methyl/N-ethyl adjacent to an activating group) is 1. The highest BCUT2D eigenvalue weighted by molar-refractivity contribution is 9.10. The van der Waals surface area contributed by atoms with E-state index in [4.69, 9.17) is 11.6 Å². The first-order valence-electron chi connectivity index (χ1n) is 6.63. The van der Waals surface area contributed by atoms with Crippen LogP contribution in [0.4, 0.5) is 8.78 Å². The summed E-state index contributed by atoms with van der Waals surface area (Å²) in [5, 5.41) is 3.79. The summed E-state index contributed by atoms with van der Waals surface area (Å²) in [5.41, 5.74) is 1.43. The molecule has 2 aromatic carbocycles. The van der Waals surface area contributed by atoms with Crippen LogP contribution in [0, 0.1) is 11.6 Å². The number of hydrogen-bond donors (Lipinski definition) is 1. The van der Waals surface area contributed by atoms with Gasteiger partial charge in [0.05, 0.1) is 4.47 Å². The molecule has 0 bridgehead atoms. The summed E-state index contributed by atoms with van der Waals surface area (Å²) in [5.74, 6) is -0.605. The van der Waals surface area contributed by atoms with Gasteiger partial charge in [-0.2, -0.15) is 0 Å². The molecular formula is C16H15BrClF2N. The molecule has 5 heteroatoms. The minimum atomic E-state index is -0.317. The number of benzene rings is 2. The maximum absolute atomic E-state index is 13.9. The summed E-state index contributed by atoms with van der Waals surface area (Å²) in [6, 6.07) is 9.22. The number of rotatable bonds is 5. The molecule has 0 aromatic heterocycles. The summed E-state index contributed by atoms with van der Waals surface area (Å²) in [7, 11) is 0. The topological polar surface area (TPSA) is 12.0 Å². The molecule has 0 saturated carbocycles. The molecule has 0 radical (unpaired) electrons. The fourth-order valence-corrected chi connectivity index (χ4v) is 2.79. The summed E-state index contributed by atoms with van der Waals surface area (Å²) < 4.78 is 27.6. The molecule has 1 unspecified atom stereocenters. The molecule has 2 rings (SSSR count). The number of halogens is 4. The summed E-state index contributed by atoms with van der Waals surface area (Å²) in [6.07, 6.45) is 0.443. The van der Waals surface area contributed by atoms with Crippen molar-refractivity contribution in [2.45, 2.75) is 19.4 Å². The summed E-state index contributed by atoms with van der Waals surface area (Å²) in [4.78, 5) is 0. The SMILES string of the molecule is CCNC(Cc1cc(Cl)ccc1F)c1ccc(F)c(Br)c1. The van der Waals surface area contributed by atoms with Gasteiger partial charge in [-0.25, -0.2) is 8.78 Å². The van der Waals surface area contributed by atoms with E-state index in [1.165, 1.54) is 18.2 Å². The van der Waals surface area contributed by atoms with Gasteiger partial charge in [0.1, 0.15) is 11.6 Å². The van der Waals surface area contributed by atoms with Crippen LogP contribution in [0.5, 0.6) is 0 Å². The van der Waals surface area contributed by atoms with E-state index in [9.17, 15) is 8.78 Å². The standard InChI is InChI=1S/C16H15BrClF2N/c1-2-21-16(10-3-5-15(20)13(17)8-10)9-11-7-12(18)4-6-14(11)19/h3-8,16,21H,2,9H2,1H3. The predicted molar refractivity (Wildman–Crippen MR) is 85.6 cm³/mol. The van der Waals surface area contributed by atoms with Crippen LogP contribution < -0.4 is 5.32 Å². The summed E-state index contributed by atoms with van der Waals surface area (Å²) >= 11 is 9.10. The normalized spacial score (nSPS) is 12.4. The lowest BCUT2D eigenvalue weighted by atomic mass is 9.98. The van der Waals surface area contributed by atoms with Crippen molar-refractivity contribution in [3.05, 3.63) is 68.7 Å². The molecular weight excluding hydrogens is 360 g/mol. The molecule has 0 amide bonds. The Morgan fingerprint density at radius 2 is 1.86 bits per heavy atom. The lowest BCUT2D eigenvalue weighted by molar-refractivity contribution is 0.526. The second-order valence-electron chi connectivity index (χ2n) is 4.72. The predicted octanol–water partition coefficient (Wildman–Crippen LogP) is 5.27. The molecule has 0 aliphatic rings. The van der Waals surface area contributed by atoms with Crippen LogP contribution >= 0.6 is 27.5 Å². The molecule has 1 nitrogen and oxygen atoms in total. The van der Waals surface area contributed by atoms with E-state index in [0.717, 1.165) is 12.1 Å². The Balaban J connectivity index is 2.30. The quantitative estimate of drug-likeness (QED) is 0.751. The first-order chi connectivity index (χ1) is 10.0. The molecule has 0 aliphatic heterocycles. The van der Waals surface area contributed by atoms with E-state index in [0.29, 0.717) is 21.5 Å². The lowest BCUT2D eigenvalue weighted by Gasteiger charge is -2.19. The van der Waals surface area contributed by atoms with Crippen molar-refractivity contribution in [2.24, 2.45) is 0 Å². The second-order valence-corrected chi connectivity index (χ2v) is 6.01. The molecule has 0 spiro atoms. The second kappa shape index (κ2) is 7.34. The highest BCUT2D eigenvalue weighted by Crippen LogP contribution is 2.26. The maximum Gasteiger partial charge on any atom is 0.137 e. The van der Waals surface area contributed by atoms with Gasteiger partial charge in [-0.15, -0.1) is 0 Å². The Morgan fingerprint density at radius 3 is 2.52 bits per heavy atom. The largest absolute Gasteiger partial charge is 0.310 e. The van der Waals surface area contributed by atoms with Gasteiger partial charge in [0, 0.05) is 11.1 Å². The molecule has 2 aromatic rings. The average molecular weight is 375 g/mol. The van der Waals surface area contributed by atoms with Crippen molar-refractivity contribution in [3.63, 3.8) is 0 Å². The average Bonchev–Trinajstić information content (AvgIpc) is 2.45. The van der Waals surface area contributed by atoms with Crippen LogP contribution in [-0.2, 0) is 6.42 Å². The fraction of sp³-hybridized carbons (Fsp3) is 0.250. The zero-order chi connectivity index (χ0) is 15.4. The Hall–Kier alpha value is -0.970. The Labute approximate surface area is 136 Å². The van der Waals surface area contributed by atoms with Crippen molar-refractivity contribution in [1.29, 1.82) is 0 Å². The van der Waals surface area contributed by atoms with Crippen LogP contribution in [0.25, 0.3) is 0 Å². The van der Waals surface area contributed by atoms with Gasteiger partial charge < -0.3 is 5.32 Å². The van der Waals surface area contributed by atoms with E-state index >= 15 is 0 Å². The van der Waals surface area contributed by atoms with Crippen LogP contribution in [0.3, 0.4) is 0 Å². The molecule has 21 heavy (non-hydrogen) atoms. The smallest absolute Gasteiger partial charge is 0.137 e. The molecule has 1 atom stereocenters. The zero-order valence-electron chi connectivity index (χ0n) is 11.5. The first kappa shape index (κ1) is 16.4. The first-order valence-corrected chi connectivity index (χ1v) is 7.80. The van der Waals surface area contributed by atoms with Crippen LogP contribution in [0.2, 0.25) is 5.02 Å². The molecule has 0 heterocycles. The van der Waals surface area contributed by atoms with Gasteiger partial charge in [-0.1, -0.05) is 24.6 Å². The van der Waals surface area contributed by atoms with Crippen LogP contribution in [-0.4, -0.2) is 6.54 Å². The van der Waals surface area contributed by atoms with Crippen molar-refractivity contribution >= 4 is 27.5 Å². The lowest BCUT2D eigenvalue weighted by Crippen LogP contribution is -2.23. The Kier molecular flexibility index (Phi) is 5.73. The third kappa shape index (κ3) is 4.25. The van der Waals surface area contributed by atoms with E-state index in [2.05, 4.69) is 21.2 Å². The Morgan fingerprint density at radius 1 is 1.14 bits per heavy atom. The van der Waals surface area contributed by atoms with Gasteiger partial charge >= 0.3 is 0 Å². The maximum atomic E-state index is 13.9. The van der Waals surface area contributed by atoms with Gasteiger partial charge in [-0.3, -0.25) is 0 Å². The molecule has 0 aliphatic carbocycles. The van der Waals surface area contributed by atoms with Crippen LogP contribution in [0.1, 0.15) is 24.1 Å². The molecule has 0 fully saturated rings. The van der Waals surface area contributed by atoms with E-state index < -0.39 is 0 Å². The van der Waals surface area contributed by atoms with E-state index in [1.54, 1.807) is 18.2 Å². The monoisotopic (exact) mass is 373 g/mol. The van der Waals surface area contributed by atoms with Gasteiger partial charge in [0.15, 0.2) is 0 Å². The number of hydrogen-bond acceptors (Lipinski definition) is 1. The van der Waals surface area contributed by atoms with Crippen molar-refractivity contribution < 1.29 is 8.78 Å². The van der Waals surface area contributed by atoms with Crippen molar-refractivity contribution in [1.82, 2.24) is 5.32 Å². The zero-order valence-corrected chi connectivity index (χ0v) is 13.8. The third-order valence-electron chi connectivity index (χ3n) is 3.23. The van der Waals surface area contributed by atoms with Crippen LogP contribution in [0.15, 0.2) is 40.9 Å².